The monoisotopic (exact) mass is 587 g/mol. The molecule has 0 spiro atoms. The molecule has 0 atom stereocenters. The summed E-state index contributed by atoms with van der Waals surface area (Å²) in [4.78, 5) is -1.03. The van der Waals surface area contributed by atoms with Crippen molar-refractivity contribution in [2.24, 2.45) is 20.5 Å². The second-order valence-electron chi connectivity index (χ2n) is 8.11. The van der Waals surface area contributed by atoms with Crippen LogP contribution in [0.4, 0.5) is 28.4 Å². The predicted molar refractivity (Wildman–Crippen MR) is 144 cm³/mol. The van der Waals surface area contributed by atoms with Gasteiger partial charge in [-0.3, -0.25) is 9.11 Å². The maximum atomic E-state index is 12.1. The number of hydrogen-bond donors (Lipinski definition) is 5. The summed E-state index contributed by atoms with van der Waals surface area (Å²) < 4.78 is 70.6. The minimum absolute atomic E-state index is 0.0466. The van der Waals surface area contributed by atoms with Gasteiger partial charge in [-0.25, -0.2) is 0 Å². The zero-order chi connectivity index (χ0) is 29.2. The number of azo groups is 2. The van der Waals surface area contributed by atoms with E-state index in [1.54, 1.807) is 19.2 Å². The van der Waals surface area contributed by atoms with Crippen molar-refractivity contribution in [3.8, 4) is 17.2 Å². The molecule has 0 aromatic heterocycles. The third-order valence-corrected chi connectivity index (χ3v) is 7.29. The molecular weight excluding hydrogens is 566 g/mol. The summed E-state index contributed by atoms with van der Waals surface area (Å²) >= 11 is 0. The van der Waals surface area contributed by atoms with Gasteiger partial charge in [-0.15, -0.1) is 15.3 Å². The van der Waals surface area contributed by atoms with Crippen molar-refractivity contribution >= 4 is 59.4 Å². The molecule has 0 saturated carbocycles. The normalized spacial score (nSPS) is 12.4. The lowest BCUT2D eigenvalue weighted by atomic mass is 10.1. The van der Waals surface area contributed by atoms with Gasteiger partial charge in [0.25, 0.3) is 20.2 Å². The van der Waals surface area contributed by atoms with Crippen LogP contribution in [0.2, 0.25) is 0 Å². The number of hydrogen-bond acceptors (Lipinski definition) is 12. The second kappa shape index (κ2) is 10.9. The second-order valence-corrected chi connectivity index (χ2v) is 10.9. The van der Waals surface area contributed by atoms with Crippen molar-refractivity contribution in [2.75, 3.05) is 19.5 Å². The van der Waals surface area contributed by atoms with Crippen molar-refractivity contribution in [2.45, 2.75) is 9.79 Å². The van der Waals surface area contributed by atoms with Gasteiger partial charge < -0.3 is 20.3 Å². The molecule has 4 aromatic carbocycles. The average molecular weight is 588 g/mol. The molecule has 0 heterocycles. The fourth-order valence-electron chi connectivity index (χ4n) is 3.57. The van der Waals surface area contributed by atoms with E-state index < -0.39 is 42.3 Å². The molecule has 0 unspecified atom stereocenters. The van der Waals surface area contributed by atoms with Crippen LogP contribution in [0.15, 0.2) is 90.9 Å². The van der Waals surface area contributed by atoms with E-state index in [4.69, 9.17) is 9.29 Å². The summed E-state index contributed by atoms with van der Waals surface area (Å²) in [7, 11) is -6.25. The molecule has 4 aromatic rings. The first-order valence-corrected chi connectivity index (χ1v) is 14.0. The number of fused-ring (bicyclic) bond motifs is 1. The first-order valence-electron chi connectivity index (χ1n) is 11.1. The Morgan fingerprint density at radius 3 is 2.05 bits per heavy atom. The van der Waals surface area contributed by atoms with Gasteiger partial charge in [-0.1, -0.05) is 0 Å². The highest BCUT2D eigenvalue weighted by molar-refractivity contribution is 7.86. The van der Waals surface area contributed by atoms with Crippen molar-refractivity contribution in [1.82, 2.24) is 0 Å². The van der Waals surface area contributed by atoms with Gasteiger partial charge in [0.1, 0.15) is 33.5 Å². The van der Waals surface area contributed by atoms with Crippen molar-refractivity contribution in [3.63, 3.8) is 0 Å². The summed E-state index contributed by atoms with van der Waals surface area (Å²) in [5, 5.41) is 40.3. The summed E-state index contributed by atoms with van der Waals surface area (Å²) in [6.07, 6.45) is 0. The van der Waals surface area contributed by atoms with Crippen LogP contribution in [0.5, 0.6) is 17.2 Å². The molecule has 0 fully saturated rings. The van der Waals surface area contributed by atoms with Gasteiger partial charge in [0.2, 0.25) is 0 Å². The van der Waals surface area contributed by atoms with Gasteiger partial charge >= 0.3 is 0 Å². The lowest BCUT2D eigenvalue weighted by Crippen LogP contribution is -1.99. The van der Waals surface area contributed by atoms with Crippen LogP contribution in [0.25, 0.3) is 10.8 Å². The van der Waals surface area contributed by atoms with E-state index >= 15 is 0 Å². The van der Waals surface area contributed by atoms with Gasteiger partial charge in [-0.2, -0.15) is 21.9 Å². The molecule has 0 aliphatic heterocycles. The summed E-state index contributed by atoms with van der Waals surface area (Å²) in [6.45, 7) is 0. The molecule has 40 heavy (non-hydrogen) atoms. The molecule has 14 nitrogen and oxygen atoms in total. The van der Waals surface area contributed by atoms with Gasteiger partial charge in [0.15, 0.2) is 5.75 Å². The molecule has 0 bridgehead atoms. The van der Waals surface area contributed by atoms with E-state index in [1.807, 2.05) is 0 Å². The minimum atomic E-state index is -4.84. The number of nitrogens with zero attached hydrogens (tertiary/aromatic N) is 4. The Balaban J connectivity index is 1.72. The molecule has 0 radical (unpaired) electrons. The van der Waals surface area contributed by atoms with Crippen molar-refractivity contribution in [3.05, 3.63) is 60.7 Å². The Bertz CT molecular complexity index is 1890. The molecular formula is C24H21N5O9S2. The molecule has 0 aliphatic rings. The molecule has 4 rings (SSSR count). The Labute approximate surface area is 227 Å². The number of nitrogens with one attached hydrogen (secondary N) is 1. The summed E-state index contributed by atoms with van der Waals surface area (Å²) in [6, 6.07) is 13.1. The Hall–Kier alpha value is -4.64. The standard InChI is InChI=1S/C24H21N5O9S2/c1-25-15-5-8-17-13(9-15)10-22(40(35,36)37)23(24(17)31)29-27-18-12-21(38-2)19(11-20(18)30)28-26-14-3-6-16(7-4-14)39(32,33)34/h3-12,25,30-31H,1-2H3,(H,32,33,34)(H,35,36,37)/b28-26-,29-27-. The zero-order valence-electron chi connectivity index (χ0n) is 20.7. The van der Waals surface area contributed by atoms with Crippen LogP contribution < -0.4 is 10.1 Å². The number of methoxy groups -OCH3 is 1. The predicted octanol–water partition coefficient (Wildman–Crippen LogP) is 5.63. The number of anilines is 1. The molecule has 0 amide bonds. The Morgan fingerprint density at radius 1 is 0.775 bits per heavy atom. The first kappa shape index (κ1) is 28.4. The average Bonchev–Trinajstić information content (AvgIpc) is 2.90. The third-order valence-electron chi connectivity index (χ3n) is 5.56. The van der Waals surface area contributed by atoms with E-state index in [2.05, 4.69) is 25.8 Å². The van der Waals surface area contributed by atoms with E-state index in [9.17, 15) is 31.6 Å². The number of rotatable bonds is 8. The van der Waals surface area contributed by atoms with Gasteiger partial charge in [0, 0.05) is 30.3 Å². The maximum absolute atomic E-state index is 12.1. The zero-order valence-corrected chi connectivity index (χ0v) is 22.3. The number of ether oxygens (including phenoxy) is 1. The summed E-state index contributed by atoms with van der Waals surface area (Å²) in [5.74, 6) is -0.955. The van der Waals surface area contributed by atoms with Crippen molar-refractivity contribution < 1.29 is 40.9 Å². The number of phenolic OH excluding ortho intramolecular Hbond substituents is 2. The van der Waals surface area contributed by atoms with Crippen LogP contribution in [-0.4, -0.2) is 50.3 Å². The molecule has 16 heteroatoms. The van der Waals surface area contributed by atoms with E-state index in [-0.39, 0.29) is 33.1 Å². The number of phenols is 2. The number of aromatic hydroxyl groups is 2. The highest BCUT2D eigenvalue weighted by Crippen LogP contribution is 2.44. The van der Waals surface area contributed by atoms with Crippen molar-refractivity contribution in [1.29, 1.82) is 0 Å². The van der Waals surface area contributed by atoms with Crippen LogP contribution in [0, 0.1) is 0 Å². The quantitative estimate of drug-likeness (QED) is 0.126. The lowest BCUT2D eigenvalue weighted by Gasteiger charge is -2.10. The number of benzene rings is 4. The topological polar surface area (TPSA) is 220 Å². The SMILES string of the molecule is CNc1ccc2c(O)c(/N=N\c3cc(OC)c(/N=N\c4ccc(S(=O)(=O)O)cc4)cc3O)c(S(=O)(=O)O)cc2c1. The van der Waals surface area contributed by atoms with Gasteiger partial charge in [-0.05, 0) is 53.9 Å². The Kier molecular flexibility index (Phi) is 7.70. The van der Waals surface area contributed by atoms with Crippen LogP contribution in [0.3, 0.4) is 0 Å². The van der Waals surface area contributed by atoms with Crippen LogP contribution in [-0.2, 0) is 20.2 Å². The fourth-order valence-corrected chi connectivity index (χ4v) is 4.71. The Morgan fingerprint density at radius 2 is 1.45 bits per heavy atom. The highest BCUT2D eigenvalue weighted by Gasteiger charge is 2.22. The van der Waals surface area contributed by atoms with E-state index in [1.165, 1.54) is 31.4 Å². The molecule has 208 valence electrons. The fraction of sp³-hybridized carbons (Fsp3) is 0.0833. The van der Waals surface area contributed by atoms with Gasteiger partial charge in [0.05, 0.1) is 17.7 Å². The summed E-state index contributed by atoms with van der Waals surface area (Å²) in [5.41, 5.74) is 0.156. The van der Waals surface area contributed by atoms with Crippen LogP contribution in [0.1, 0.15) is 0 Å². The maximum Gasteiger partial charge on any atom is 0.296 e. The third kappa shape index (κ3) is 5.99. The highest BCUT2D eigenvalue weighted by atomic mass is 32.2. The van der Waals surface area contributed by atoms with Crippen LogP contribution >= 0.6 is 0 Å². The first-order chi connectivity index (χ1) is 18.8. The van der Waals surface area contributed by atoms with E-state index in [0.29, 0.717) is 11.1 Å². The smallest absolute Gasteiger partial charge is 0.296 e. The molecule has 0 saturated heterocycles. The largest absolute Gasteiger partial charge is 0.506 e. The van der Waals surface area contributed by atoms with E-state index in [0.717, 1.165) is 24.3 Å². The molecule has 5 N–H and O–H groups in total. The molecule has 0 aliphatic carbocycles. The minimum Gasteiger partial charge on any atom is -0.506 e. The lowest BCUT2D eigenvalue weighted by molar-refractivity contribution is 0.413.